The maximum Gasteiger partial charge on any atom is 0.134 e. The fourth-order valence-corrected chi connectivity index (χ4v) is 2.09. The van der Waals surface area contributed by atoms with E-state index in [1.165, 1.54) is 12.1 Å². The minimum atomic E-state index is -0.315. The molecule has 0 bridgehead atoms. The van der Waals surface area contributed by atoms with Crippen molar-refractivity contribution in [2.75, 3.05) is 0 Å². The first-order valence-corrected chi connectivity index (χ1v) is 6.34. The molecule has 2 aromatic carbocycles. The number of nitrogens with two attached hydrogens (primary N) is 1. The highest BCUT2D eigenvalue weighted by molar-refractivity contribution is 5.81. The van der Waals surface area contributed by atoms with Crippen LogP contribution in [0, 0.1) is 5.82 Å². The van der Waals surface area contributed by atoms with E-state index in [2.05, 4.69) is 0 Å². The lowest BCUT2D eigenvalue weighted by Gasteiger charge is -2.05. The summed E-state index contributed by atoms with van der Waals surface area (Å²) in [4.78, 5) is 0. The van der Waals surface area contributed by atoms with Gasteiger partial charge >= 0.3 is 0 Å². The van der Waals surface area contributed by atoms with Crippen LogP contribution in [-0.4, -0.2) is 0 Å². The van der Waals surface area contributed by atoms with E-state index in [4.69, 9.17) is 14.9 Å². The zero-order valence-electron chi connectivity index (χ0n) is 10.8. The molecule has 4 heteroatoms. The Balaban J connectivity index is 1.83. The van der Waals surface area contributed by atoms with Gasteiger partial charge in [0.2, 0.25) is 0 Å². The van der Waals surface area contributed by atoms with Gasteiger partial charge in [-0.25, -0.2) is 4.39 Å². The maximum atomic E-state index is 13.1. The number of benzene rings is 2. The van der Waals surface area contributed by atoms with Crippen LogP contribution in [0.15, 0.2) is 53.1 Å². The molecule has 1 aromatic heterocycles. The van der Waals surface area contributed by atoms with Gasteiger partial charge in [0, 0.05) is 23.6 Å². The van der Waals surface area contributed by atoms with E-state index < -0.39 is 0 Å². The molecular weight excluding hydrogens is 257 g/mol. The van der Waals surface area contributed by atoms with Crippen LogP contribution in [0.3, 0.4) is 0 Å². The largest absolute Gasteiger partial charge is 0.489 e. The summed E-state index contributed by atoms with van der Waals surface area (Å²) in [5, 5.41) is 0.976. The first-order valence-electron chi connectivity index (χ1n) is 6.34. The zero-order valence-corrected chi connectivity index (χ0v) is 10.8. The van der Waals surface area contributed by atoms with Crippen LogP contribution in [0.5, 0.6) is 5.75 Å². The van der Waals surface area contributed by atoms with Crippen molar-refractivity contribution in [2.24, 2.45) is 5.73 Å². The van der Waals surface area contributed by atoms with Crippen molar-refractivity contribution < 1.29 is 13.5 Å². The van der Waals surface area contributed by atoms with E-state index in [0.29, 0.717) is 18.9 Å². The van der Waals surface area contributed by atoms with Crippen molar-refractivity contribution in [1.29, 1.82) is 0 Å². The van der Waals surface area contributed by atoms with Crippen molar-refractivity contribution in [3.63, 3.8) is 0 Å². The lowest BCUT2D eigenvalue weighted by Crippen LogP contribution is -1.97. The molecule has 3 rings (SSSR count). The Bertz CT molecular complexity index is 736. The number of hydrogen-bond donors (Lipinski definition) is 1. The SMILES string of the molecule is NCc1ccc2occ(COc3cccc(F)c3)c2c1. The molecule has 20 heavy (non-hydrogen) atoms. The lowest BCUT2D eigenvalue weighted by molar-refractivity contribution is 0.304. The number of rotatable bonds is 4. The van der Waals surface area contributed by atoms with Crippen molar-refractivity contribution in [1.82, 2.24) is 0 Å². The summed E-state index contributed by atoms with van der Waals surface area (Å²) in [7, 11) is 0. The molecule has 0 aliphatic heterocycles. The van der Waals surface area contributed by atoms with Crippen molar-refractivity contribution in [3.05, 3.63) is 65.7 Å². The standard InChI is InChI=1S/C16H14FNO2/c17-13-2-1-3-14(7-13)19-9-12-10-20-16-5-4-11(8-18)6-15(12)16/h1-7,10H,8-9,18H2. The summed E-state index contributed by atoms with van der Waals surface area (Å²) in [6, 6.07) is 11.9. The lowest BCUT2D eigenvalue weighted by atomic mass is 10.1. The third kappa shape index (κ3) is 2.51. The molecule has 0 fully saturated rings. The summed E-state index contributed by atoms with van der Waals surface area (Å²) >= 11 is 0. The molecule has 0 aliphatic rings. The Hall–Kier alpha value is -2.33. The summed E-state index contributed by atoms with van der Waals surface area (Å²) < 4.78 is 24.1. The average molecular weight is 271 g/mol. The Labute approximate surface area is 115 Å². The minimum Gasteiger partial charge on any atom is -0.489 e. The minimum absolute atomic E-state index is 0.315. The van der Waals surface area contributed by atoms with E-state index >= 15 is 0 Å². The van der Waals surface area contributed by atoms with Crippen molar-refractivity contribution >= 4 is 11.0 Å². The predicted molar refractivity (Wildman–Crippen MR) is 74.8 cm³/mol. The van der Waals surface area contributed by atoms with E-state index in [-0.39, 0.29) is 5.82 Å². The van der Waals surface area contributed by atoms with Gasteiger partial charge in [-0.05, 0) is 29.8 Å². The predicted octanol–water partition coefficient (Wildman–Crippen LogP) is 3.61. The van der Waals surface area contributed by atoms with E-state index in [1.807, 2.05) is 18.2 Å². The second-order valence-corrected chi connectivity index (χ2v) is 4.54. The zero-order chi connectivity index (χ0) is 13.9. The second kappa shape index (κ2) is 5.35. The van der Waals surface area contributed by atoms with Gasteiger partial charge in [-0.3, -0.25) is 0 Å². The fraction of sp³-hybridized carbons (Fsp3) is 0.125. The normalized spacial score (nSPS) is 10.9. The molecule has 2 N–H and O–H groups in total. The molecule has 0 amide bonds. The Morgan fingerprint density at radius 1 is 1.15 bits per heavy atom. The Morgan fingerprint density at radius 3 is 2.85 bits per heavy atom. The van der Waals surface area contributed by atoms with Crippen LogP contribution in [-0.2, 0) is 13.2 Å². The first kappa shape index (κ1) is 12.7. The van der Waals surface area contributed by atoms with Gasteiger partial charge < -0.3 is 14.9 Å². The highest BCUT2D eigenvalue weighted by atomic mass is 19.1. The van der Waals surface area contributed by atoms with Crippen molar-refractivity contribution in [3.8, 4) is 5.75 Å². The summed E-state index contributed by atoms with van der Waals surface area (Å²) in [5.41, 5.74) is 8.38. The van der Waals surface area contributed by atoms with Gasteiger partial charge in [-0.1, -0.05) is 12.1 Å². The maximum absolute atomic E-state index is 13.1. The van der Waals surface area contributed by atoms with Gasteiger partial charge in [0.25, 0.3) is 0 Å². The van der Waals surface area contributed by atoms with Gasteiger partial charge in [0.05, 0.1) is 6.26 Å². The first-order chi connectivity index (χ1) is 9.76. The molecule has 3 aromatic rings. The number of ether oxygens (including phenoxy) is 1. The molecular formula is C16H14FNO2. The van der Waals surface area contributed by atoms with E-state index in [9.17, 15) is 4.39 Å². The molecule has 0 aliphatic carbocycles. The second-order valence-electron chi connectivity index (χ2n) is 4.54. The molecule has 0 atom stereocenters. The Kier molecular flexibility index (Phi) is 3.39. The topological polar surface area (TPSA) is 48.4 Å². The molecule has 0 radical (unpaired) electrons. The molecule has 0 unspecified atom stereocenters. The van der Waals surface area contributed by atoms with Crippen LogP contribution in [0.25, 0.3) is 11.0 Å². The third-order valence-electron chi connectivity index (χ3n) is 3.14. The molecule has 0 saturated carbocycles. The highest BCUT2D eigenvalue weighted by Gasteiger charge is 2.07. The van der Waals surface area contributed by atoms with Crippen LogP contribution in [0.2, 0.25) is 0 Å². The number of fused-ring (bicyclic) bond motifs is 1. The van der Waals surface area contributed by atoms with Crippen LogP contribution in [0.4, 0.5) is 4.39 Å². The van der Waals surface area contributed by atoms with E-state index in [1.54, 1.807) is 18.4 Å². The monoisotopic (exact) mass is 271 g/mol. The highest BCUT2D eigenvalue weighted by Crippen LogP contribution is 2.24. The Morgan fingerprint density at radius 2 is 2.05 bits per heavy atom. The van der Waals surface area contributed by atoms with Crippen molar-refractivity contribution in [2.45, 2.75) is 13.2 Å². The number of furan rings is 1. The van der Waals surface area contributed by atoms with E-state index in [0.717, 1.165) is 22.1 Å². The van der Waals surface area contributed by atoms with Crippen LogP contribution < -0.4 is 10.5 Å². The number of hydrogen-bond acceptors (Lipinski definition) is 3. The number of halogens is 1. The van der Waals surface area contributed by atoms with Gasteiger partial charge in [-0.15, -0.1) is 0 Å². The molecule has 0 spiro atoms. The molecule has 0 saturated heterocycles. The summed E-state index contributed by atoms with van der Waals surface area (Å²) in [6.45, 7) is 0.801. The quantitative estimate of drug-likeness (QED) is 0.788. The summed E-state index contributed by atoms with van der Waals surface area (Å²) in [6.07, 6.45) is 1.66. The smallest absolute Gasteiger partial charge is 0.134 e. The van der Waals surface area contributed by atoms with Gasteiger partial charge in [0.1, 0.15) is 23.8 Å². The van der Waals surface area contributed by atoms with Crippen LogP contribution >= 0.6 is 0 Å². The average Bonchev–Trinajstić information content (AvgIpc) is 2.87. The third-order valence-corrected chi connectivity index (χ3v) is 3.14. The van der Waals surface area contributed by atoms with Gasteiger partial charge in [-0.2, -0.15) is 0 Å². The van der Waals surface area contributed by atoms with Crippen LogP contribution in [0.1, 0.15) is 11.1 Å². The molecule has 1 heterocycles. The summed E-state index contributed by atoms with van der Waals surface area (Å²) in [5.74, 6) is 0.180. The molecule has 102 valence electrons. The van der Waals surface area contributed by atoms with Gasteiger partial charge in [0.15, 0.2) is 0 Å². The molecule has 3 nitrogen and oxygen atoms in total. The fourth-order valence-electron chi connectivity index (χ4n) is 2.09.